The molecule has 0 saturated heterocycles. The minimum absolute atomic E-state index is 0.0954. The molecule has 15 heteroatoms. The Bertz CT molecular complexity index is 1280. The van der Waals surface area contributed by atoms with Crippen molar-refractivity contribution in [2.45, 2.75) is 47.2 Å². The van der Waals surface area contributed by atoms with Gasteiger partial charge in [-0.25, -0.2) is 27.9 Å². The molecule has 0 spiro atoms. The van der Waals surface area contributed by atoms with E-state index in [1.807, 2.05) is 0 Å². The summed E-state index contributed by atoms with van der Waals surface area (Å²) in [5, 5.41) is 7.53. The second-order valence-electron chi connectivity index (χ2n) is 7.70. The fourth-order valence-corrected chi connectivity index (χ4v) is 4.70. The molecule has 0 bridgehead atoms. The lowest BCUT2D eigenvalue weighted by Gasteiger charge is -2.17. The molecule has 11 nitrogen and oxygen atoms in total. The van der Waals surface area contributed by atoms with Crippen molar-refractivity contribution in [1.29, 1.82) is 0 Å². The summed E-state index contributed by atoms with van der Waals surface area (Å²) in [6.07, 6.45) is 4.92. The van der Waals surface area contributed by atoms with Gasteiger partial charge >= 0.3 is 6.09 Å². The fourth-order valence-electron chi connectivity index (χ4n) is 3.06. The van der Waals surface area contributed by atoms with Gasteiger partial charge in [-0.3, -0.25) is 0 Å². The van der Waals surface area contributed by atoms with E-state index in [-0.39, 0.29) is 23.4 Å². The van der Waals surface area contributed by atoms with E-state index in [1.54, 1.807) is 20.1 Å². The maximum atomic E-state index is 11.9. The molecule has 0 fully saturated rings. The molecule has 3 rings (SSSR count). The second kappa shape index (κ2) is 13.4. The number of nitrogens with two attached hydrogens (primary N) is 1. The first kappa shape index (κ1) is 30.0. The second-order valence-corrected chi connectivity index (χ2v) is 10.7. The van der Waals surface area contributed by atoms with Gasteiger partial charge in [-0.15, -0.1) is 25.3 Å². The molecule has 3 aromatic rings. The maximum absolute atomic E-state index is 11.9. The molecule has 0 saturated carbocycles. The predicted octanol–water partition coefficient (Wildman–Crippen LogP) is 2.57. The normalized spacial score (nSPS) is 12.1. The summed E-state index contributed by atoms with van der Waals surface area (Å²) in [6.45, 7) is 4.02. The molecule has 1 amide bonds. The van der Waals surface area contributed by atoms with Crippen molar-refractivity contribution in [1.82, 2.24) is 25.1 Å². The van der Waals surface area contributed by atoms with E-state index < -0.39 is 22.0 Å². The first-order valence-electron chi connectivity index (χ1n) is 10.7. The largest absolute Gasteiger partial charge is 0.472 e. The molecular formula is C21H30N6O5S4. The number of nitrogens with zero attached hydrogens (tertiary/aromatic N) is 4. The summed E-state index contributed by atoms with van der Waals surface area (Å²) in [6, 6.07) is 2.86. The van der Waals surface area contributed by atoms with E-state index in [4.69, 9.17) is 15.2 Å². The van der Waals surface area contributed by atoms with Crippen molar-refractivity contribution < 1.29 is 22.7 Å². The quantitative estimate of drug-likeness (QED) is 0.243. The summed E-state index contributed by atoms with van der Waals surface area (Å²) in [5.74, 6) is 0.269. The molecule has 198 valence electrons. The van der Waals surface area contributed by atoms with Crippen LogP contribution in [0.2, 0.25) is 0 Å². The monoisotopic (exact) mass is 574 g/mol. The number of nitrogens with one attached hydrogen (secondary N) is 1. The van der Waals surface area contributed by atoms with Gasteiger partial charge in [0.1, 0.15) is 17.8 Å². The predicted molar refractivity (Wildman–Crippen MR) is 147 cm³/mol. The number of sulfone groups is 1. The van der Waals surface area contributed by atoms with Gasteiger partial charge in [-0.2, -0.15) is 17.7 Å². The van der Waals surface area contributed by atoms with Gasteiger partial charge in [0.2, 0.25) is 5.88 Å². The van der Waals surface area contributed by atoms with Crippen LogP contribution in [0, 0.1) is 0 Å². The third-order valence-corrected chi connectivity index (χ3v) is 6.41. The number of rotatable bonds is 9. The first-order valence-corrected chi connectivity index (χ1v) is 14.4. The Hall–Kier alpha value is -2.20. The number of fused-ring (bicyclic) bond motifs is 1. The van der Waals surface area contributed by atoms with E-state index in [0.717, 1.165) is 6.26 Å². The van der Waals surface area contributed by atoms with Gasteiger partial charge in [0.25, 0.3) is 0 Å². The SMILES string of the molecule is CC(C)OC(=O)NCCC(CN)Oc1ncnc2c1cnn2-c1c(S)cc(S(C)(=O)=O)cc1S.CS. The zero-order valence-electron chi connectivity index (χ0n) is 20.2. The lowest BCUT2D eigenvalue weighted by molar-refractivity contribution is 0.113. The number of thiol groups is 3. The summed E-state index contributed by atoms with van der Waals surface area (Å²) in [4.78, 5) is 21.0. The summed E-state index contributed by atoms with van der Waals surface area (Å²) < 4.78 is 36.3. The van der Waals surface area contributed by atoms with Crippen LogP contribution in [0.1, 0.15) is 20.3 Å². The zero-order valence-corrected chi connectivity index (χ0v) is 23.7. The van der Waals surface area contributed by atoms with Crippen molar-refractivity contribution in [3.63, 3.8) is 0 Å². The molecule has 0 aliphatic carbocycles. The number of aromatic nitrogens is 4. The highest BCUT2D eigenvalue weighted by Crippen LogP contribution is 2.32. The molecule has 1 unspecified atom stereocenters. The van der Waals surface area contributed by atoms with Gasteiger partial charge in [0.05, 0.1) is 22.9 Å². The number of carbonyl (C=O) groups is 1. The molecule has 36 heavy (non-hydrogen) atoms. The van der Waals surface area contributed by atoms with Gasteiger partial charge in [-0.05, 0) is 32.2 Å². The number of ether oxygens (including phenoxy) is 2. The summed E-state index contributed by atoms with van der Waals surface area (Å²) in [7, 11) is -3.44. The minimum Gasteiger partial charge on any atom is -0.472 e. The van der Waals surface area contributed by atoms with E-state index >= 15 is 0 Å². The van der Waals surface area contributed by atoms with Crippen molar-refractivity contribution in [3.8, 4) is 11.6 Å². The molecule has 2 aromatic heterocycles. The van der Waals surface area contributed by atoms with Crippen LogP contribution in [0.15, 0.2) is 39.3 Å². The maximum Gasteiger partial charge on any atom is 0.407 e. The highest BCUT2D eigenvalue weighted by Gasteiger charge is 2.20. The highest BCUT2D eigenvalue weighted by atomic mass is 32.2. The van der Waals surface area contributed by atoms with E-state index in [1.165, 1.54) is 29.3 Å². The van der Waals surface area contributed by atoms with Crippen LogP contribution >= 0.6 is 37.9 Å². The number of hydrogen-bond donors (Lipinski definition) is 5. The van der Waals surface area contributed by atoms with Gasteiger partial charge in [0.15, 0.2) is 15.5 Å². The Morgan fingerprint density at radius 2 is 1.83 bits per heavy atom. The Morgan fingerprint density at radius 3 is 2.39 bits per heavy atom. The minimum atomic E-state index is -3.44. The Morgan fingerprint density at radius 1 is 1.19 bits per heavy atom. The number of alkyl carbamates (subject to hydrolysis) is 1. The van der Waals surface area contributed by atoms with Crippen LogP contribution in [0.5, 0.6) is 5.88 Å². The van der Waals surface area contributed by atoms with Crippen molar-refractivity contribution >= 4 is 64.9 Å². The number of benzene rings is 1. The molecule has 2 heterocycles. The van der Waals surface area contributed by atoms with Crippen LogP contribution < -0.4 is 15.8 Å². The lowest BCUT2D eigenvalue weighted by Crippen LogP contribution is -2.34. The van der Waals surface area contributed by atoms with Crippen molar-refractivity contribution in [3.05, 3.63) is 24.7 Å². The molecule has 0 radical (unpaired) electrons. The molecule has 0 aliphatic rings. The van der Waals surface area contributed by atoms with Crippen LogP contribution in [-0.2, 0) is 14.6 Å². The fraction of sp³-hybridized carbons (Fsp3) is 0.429. The van der Waals surface area contributed by atoms with E-state index in [2.05, 4.69) is 58.3 Å². The average Bonchev–Trinajstić information content (AvgIpc) is 3.23. The molecule has 0 aliphatic heterocycles. The van der Waals surface area contributed by atoms with Crippen molar-refractivity contribution in [2.24, 2.45) is 5.73 Å². The van der Waals surface area contributed by atoms with E-state index in [0.29, 0.717) is 39.5 Å². The highest BCUT2D eigenvalue weighted by molar-refractivity contribution is 7.90. The number of hydrogen-bond acceptors (Lipinski definition) is 12. The zero-order chi connectivity index (χ0) is 27.0. The Labute approximate surface area is 226 Å². The van der Waals surface area contributed by atoms with Crippen LogP contribution in [-0.4, -0.2) is 72.1 Å². The van der Waals surface area contributed by atoms with Crippen LogP contribution in [0.4, 0.5) is 4.79 Å². The Kier molecular flexibility index (Phi) is 11.2. The summed E-state index contributed by atoms with van der Waals surface area (Å²) >= 11 is 12.4. The standard InChI is InChI=1S/C20H26N6O5S3.CH4S/c1-11(2)30-20(27)22-5-4-12(8-21)31-19-14-9-25-26(18(14)23-10-24-19)17-15(32)6-13(7-16(17)33)34(3,28)29;1-2/h6-7,9-12,32-33H,4-5,8,21H2,1-3H3,(H,22,27);2H,1H3. The third kappa shape index (κ3) is 7.65. The van der Waals surface area contributed by atoms with Gasteiger partial charge in [-0.1, -0.05) is 0 Å². The van der Waals surface area contributed by atoms with Gasteiger partial charge in [0, 0.05) is 35.6 Å². The van der Waals surface area contributed by atoms with Crippen molar-refractivity contribution in [2.75, 3.05) is 25.6 Å². The molecule has 1 atom stereocenters. The van der Waals surface area contributed by atoms with Crippen LogP contribution in [0.25, 0.3) is 16.7 Å². The number of amides is 1. The molecular weight excluding hydrogens is 545 g/mol. The average molecular weight is 575 g/mol. The first-order chi connectivity index (χ1) is 17.0. The molecule has 3 N–H and O–H groups in total. The van der Waals surface area contributed by atoms with E-state index in [9.17, 15) is 13.2 Å². The lowest BCUT2D eigenvalue weighted by atomic mass is 10.2. The Balaban J connectivity index is 0.00000222. The van der Waals surface area contributed by atoms with Crippen LogP contribution in [0.3, 0.4) is 0 Å². The summed E-state index contributed by atoms with van der Waals surface area (Å²) in [5.41, 5.74) is 6.72. The topological polar surface area (TPSA) is 151 Å². The smallest absolute Gasteiger partial charge is 0.407 e. The molecule has 1 aromatic carbocycles. The number of carbonyl (C=O) groups excluding carboxylic acids is 1. The third-order valence-electron chi connectivity index (χ3n) is 4.63. The van der Waals surface area contributed by atoms with Gasteiger partial charge < -0.3 is 20.5 Å².